The van der Waals surface area contributed by atoms with Gasteiger partial charge >= 0.3 is 0 Å². The maximum Gasteiger partial charge on any atom is 0.252 e. The second-order valence-corrected chi connectivity index (χ2v) is 6.86. The van der Waals surface area contributed by atoms with Crippen LogP contribution in [0.1, 0.15) is 34.8 Å². The van der Waals surface area contributed by atoms with Crippen LogP contribution in [0.3, 0.4) is 0 Å². The van der Waals surface area contributed by atoms with Crippen molar-refractivity contribution in [3.63, 3.8) is 0 Å². The maximum atomic E-state index is 12.0. The summed E-state index contributed by atoms with van der Waals surface area (Å²) in [4.78, 5) is 24.5. The standard InChI is InChI=1S/C18H20N2O4S/c1-9(21)20-18-14(17(19)22)12-6-4-5-10-11(16(12)25-18)7-8-13(23-2)15(10)24-3/h7-8H,4-6H2,1-3H3,(H2,19,22)(H,20,21). The number of amides is 2. The van der Waals surface area contributed by atoms with Gasteiger partial charge < -0.3 is 20.5 Å². The van der Waals surface area contributed by atoms with E-state index in [0.29, 0.717) is 28.5 Å². The SMILES string of the molecule is COc1ccc2c(c1OC)CCCc1c-2sc(NC(C)=O)c1C(N)=O. The topological polar surface area (TPSA) is 90.7 Å². The number of methoxy groups -OCH3 is 2. The molecule has 0 spiro atoms. The Morgan fingerprint density at radius 1 is 1.16 bits per heavy atom. The van der Waals surface area contributed by atoms with Crippen molar-refractivity contribution in [2.45, 2.75) is 26.2 Å². The molecule has 0 saturated heterocycles. The lowest BCUT2D eigenvalue weighted by molar-refractivity contribution is -0.114. The van der Waals surface area contributed by atoms with Crippen molar-refractivity contribution in [1.29, 1.82) is 0 Å². The molecular weight excluding hydrogens is 340 g/mol. The third-order valence-electron chi connectivity index (χ3n) is 4.29. The third-order valence-corrected chi connectivity index (χ3v) is 5.47. The molecule has 0 atom stereocenters. The van der Waals surface area contributed by atoms with Crippen molar-refractivity contribution in [2.75, 3.05) is 19.5 Å². The fourth-order valence-electron chi connectivity index (χ4n) is 3.32. The molecule has 1 aliphatic carbocycles. The van der Waals surface area contributed by atoms with Gasteiger partial charge in [0.2, 0.25) is 5.91 Å². The molecule has 2 aromatic rings. The number of carbonyl (C=O) groups is 2. The van der Waals surface area contributed by atoms with Gasteiger partial charge in [0, 0.05) is 17.4 Å². The van der Waals surface area contributed by atoms with Gasteiger partial charge in [-0.25, -0.2) is 0 Å². The van der Waals surface area contributed by atoms with Crippen LogP contribution in [0.2, 0.25) is 0 Å². The summed E-state index contributed by atoms with van der Waals surface area (Å²) >= 11 is 1.38. The van der Waals surface area contributed by atoms with E-state index in [0.717, 1.165) is 34.4 Å². The van der Waals surface area contributed by atoms with E-state index >= 15 is 0 Å². The lowest BCUT2D eigenvalue weighted by Crippen LogP contribution is -2.16. The van der Waals surface area contributed by atoms with E-state index in [1.807, 2.05) is 12.1 Å². The Hall–Kier alpha value is -2.54. The van der Waals surface area contributed by atoms with Crippen LogP contribution < -0.4 is 20.5 Å². The smallest absolute Gasteiger partial charge is 0.252 e. The van der Waals surface area contributed by atoms with Crippen molar-refractivity contribution in [1.82, 2.24) is 0 Å². The number of hydrogen-bond donors (Lipinski definition) is 2. The zero-order valence-corrected chi connectivity index (χ0v) is 15.2. The molecule has 0 fully saturated rings. The van der Waals surface area contributed by atoms with Crippen molar-refractivity contribution in [3.05, 3.63) is 28.8 Å². The van der Waals surface area contributed by atoms with Gasteiger partial charge in [0.25, 0.3) is 5.91 Å². The number of thiophene rings is 1. The minimum Gasteiger partial charge on any atom is -0.493 e. The Bertz CT molecular complexity index is 857. The van der Waals surface area contributed by atoms with Crippen LogP contribution in [0.4, 0.5) is 5.00 Å². The van der Waals surface area contributed by atoms with Crippen LogP contribution in [-0.2, 0) is 17.6 Å². The molecule has 132 valence electrons. The number of hydrogen-bond acceptors (Lipinski definition) is 5. The van der Waals surface area contributed by atoms with Gasteiger partial charge in [-0.2, -0.15) is 0 Å². The Labute approximate surface area is 149 Å². The largest absolute Gasteiger partial charge is 0.493 e. The number of rotatable bonds is 4. The summed E-state index contributed by atoms with van der Waals surface area (Å²) in [5, 5.41) is 3.24. The zero-order valence-electron chi connectivity index (χ0n) is 14.4. The number of benzene rings is 1. The quantitative estimate of drug-likeness (QED) is 0.877. The first-order valence-corrected chi connectivity index (χ1v) is 8.76. The average molecular weight is 360 g/mol. The number of anilines is 1. The number of carbonyl (C=O) groups excluding carboxylic acids is 2. The number of nitrogens with two attached hydrogens (primary N) is 1. The highest BCUT2D eigenvalue weighted by atomic mass is 32.1. The molecule has 1 aromatic carbocycles. The summed E-state index contributed by atoms with van der Waals surface area (Å²) in [5.74, 6) is 0.637. The van der Waals surface area contributed by atoms with Crippen molar-refractivity contribution in [2.24, 2.45) is 5.73 Å². The van der Waals surface area contributed by atoms with Crippen LogP contribution in [0, 0.1) is 0 Å². The summed E-state index contributed by atoms with van der Waals surface area (Å²) in [7, 11) is 3.23. The van der Waals surface area contributed by atoms with Crippen LogP contribution in [0.15, 0.2) is 12.1 Å². The highest BCUT2D eigenvalue weighted by molar-refractivity contribution is 7.20. The molecule has 7 heteroatoms. The minimum atomic E-state index is -0.523. The molecule has 0 bridgehead atoms. The summed E-state index contributed by atoms with van der Waals surface area (Å²) in [6, 6.07) is 3.83. The van der Waals surface area contributed by atoms with Crippen molar-refractivity contribution >= 4 is 28.2 Å². The number of primary amides is 1. The first kappa shape index (κ1) is 17.3. The van der Waals surface area contributed by atoms with Crippen molar-refractivity contribution in [3.8, 4) is 21.9 Å². The zero-order chi connectivity index (χ0) is 18.1. The highest BCUT2D eigenvalue weighted by Crippen LogP contribution is 2.48. The van der Waals surface area contributed by atoms with E-state index in [9.17, 15) is 9.59 Å². The van der Waals surface area contributed by atoms with E-state index in [-0.39, 0.29) is 5.91 Å². The van der Waals surface area contributed by atoms with E-state index in [1.165, 1.54) is 18.3 Å². The normalized spacial score (nSPS) is 12.6. The number of fused-ring (bicyclic) bond motifs is 3. The molecule has 0 radical (unpaired) electrons. The first-order chi connectivity index (χ1) is 12.0. The monoisotopic (exact) mass is 360 g/mol. The summed E-state index contributed by atoms with van der Waals surface area (Å²) in [6.45, 7) is 1.41. The van der Waals surface area contributed by atoms with E-state index in [2.05, 4.69) is 5.32 Å². The molecule has 0 saturated carbocycles. The maximum absolute atomic E-state index is 12.0. The fraction of sp³-hybridized carbons (Fsp3) is 0.333. The molecule has 25 heavy (non-hydrogen) atoms. The average Bonchev–Trinajstić information content (AvgIpc) is 2.81. The molecule has 3 rings (SSSR count). The van der Waals surface area contributed by atoms with Gasteiger partial charge in [0.15, 0.2) is 11.5 Å². The van der Waals surface area contributed by atoms with Gasteiger partial charge in [0.05, 0.1) is 19.8 Å². The van der Waals surface area contributed by atoms with E-state index in [4.69, 9.17) is 15.2 Å². The molecular formula is C18H20N2O4S. The van der Waals surface area contributed by atoms with Gasteiger partial charge in [-0.05, 0) is 42.5 Å². The van der Waals surface area contributed by atoms with Crippen LogP contribution >= 0.6 is 11.3 Å². The van der Waals surface area contributed by atoms with E-state index in [1.54, 1.807) is 14.2 Å². The summed E-state index contributed by atoms with van der Waals surface area (Å²) < 4.78 is 11.0. The van der Waals surface area contributed by atoms with Crippen LogP contribution in [0.25, 0.3) is 10.4 Å². The van der Waals surface area contributed by atoms with Gasteiger partial charge in [-0.15, -0.1) is 11.3 Å². The van der Waals surface area contributed by atoms with Crippen LogP contribution in [-0.4, -0.2) is 26.0 Å². The van der Waals surface area contributed by atoms with Crippen molar-refractivity contribution < 1.29 is 19.1 Å². The summed E-state index contributed by atoms with van der Waals surface area (Å²) in [5.41, 5.74) is 8.96. The van der Waals surface area contributed by atoms with Gasteiger partial charge in [-0.3, -0.25) is 9.59 Å². The molecule has 6 nitrogen and oxygen atoms in total. The Balaban J connectivity index is 2.26. The number of nitrogens with one attached hydrogen (secondary N) is 1. The Kier molecular flexibility index (Phi) is 4.67. The van der Waals surface area contributed by atoms with Crippen LogP contribution in [0.5, 0.6) is 11.5 Å². The lowest BCUT2D eigenvalue weighted by atomic mass is 10.0. The third kappa shape index (κ3) is 2.95. The molecule has 1 aromatic heterocycles. The predicted octanol–water partition coefficient (Wildman–Crippen LogP) is 2.98. The van der Waals surface area contributed by atoms with Gasteiger partial charge in [-0.1, -0.05) is 0 Å². The highest BCUT2D eigenvalue weighted by Gasteiger charge is 2.28. The fourth-order valence-corrected chi connectivity index (χ4v) is 4.68. The van der Waals surface area contributed by atoms with E-state index < -0.39 is 5.91 Å². The molecule has 0 unspecified atom stereocenters. The molecule has 1 heterocycles. The minimum absolute atomic E-state index is 0.230. The first-order valence-electron chi connectivity index (χ1n) is 7.95. The molecule has 0 aliphatic heterocycles. The Morgan fingerprint density at radius 3 is 2.48 bits per heavy atom. The Morgan fingerprint density at radius 2 is 1.88 bits per heavy atom. The predicted molar refractivity (Wildman–Crippen MR) is 97.7 cm³/mol. The molecule has 1 aliphatic rings. The molecule has 3 N–H and O–H groups in total. The number of ether oxygens (including phenoxy) is 2. The summed E-state index contributed by atoms with van der Waals surface area (Å²) in [6.07, 6.45) is 2.37. The second-order valence-electron chi connectivity index (χ2n) is 5.84. The second kappa shape index (κ2) is 6.76. The lowest BCUT2D eigenvalue weighted by Gasteiger charge is -2.15. The van der Waals surface area contributed by atoms with Gasteiger partial charge in [0.1, 0.15) is 5.00 Å². The molecule has 2 amide bonds.